The fourth-order valence-corrected chi connectivity index (χ4v) is 7.71. The van der Waals surface area contributed by atoms with E-state index in [1.165, 1.54) is 58.7 Å². The van der Waals surface area contributed by atoms with Crippen molar-refractivity contribution in [1.29, 1.82) is 0 Å². The van der Waals surface area contributed by atoms with Gasteiger partial charge >= 0.3 is 0 Å². The molecule has 1 nitrogen and oxygen atoms in total. The molecule has 4 aliphatic carbocycles. The van der Waals surface area contributed by atoms with Crippen LogP contribution in [0, 0.1) is 24.7 Å². The molecule has 0 aromatic carbocycles. The average molecular weight is 344 g/mol. The van der Waals surface area contributed by atoms with E-state index in [0.29, 0.717) is 5.54 Å². The van der Waals surface area contributed by atoms with Crippen LogP contribution in [0.15, 0.2) is 23.6 Å². The largest absolute Gasteiger partial charge is 0.306 e. The number of thiophene rings is 2. The van der Waals surface area contributed by atoms with Gasteiger partial charge in [-0.2, -0.15) is 0 Å². The van der Waals surface area contributed by atoms with Crippen LogP contribution in [0.4, 0.5) is 0 Å². The van der Waals surface area contributed by atoms with Crippen LogP contribution >= 0.6 is 22.7 Å². The fraction of sp³-hybridized carbons (Fsp3) is 0.600. The standard InChI is InChI=1S/C20H25NS2/c1-13-4-19(22-12-13)18-3-2-17(23-18)11-21-20-8-14-5-15(9-20)7-16(6-14)10-20/h2-4,12,14-16,21H,5-11H2,1H3. The molecule has 1 N–H and O–H groups in total. The zero-order chi connectivity index (χ0) is 15.4. The Labute approximate surface area is 147 Å². The predicted octanol–water partition coefficient (Wildman–Crippen LogP) is 5.84. The lowest BCUT2D eigenvalue weighted by atomic mass is 9.53. The fourth-order valence-electron chi connectivity index (χ4n) is 5.77. The quantitative estimate of drug-likeness (QED) is 0.735. The summed E-state index contributed by atoms with van der Waals surface area (Å²) in [6, 6.07) is 6.96. The van der Waals surface area contributed by atoms with E-state index in [1.54, 1.807) is 0 Å². The lowest BCUT2D eigenvalue weighted by Crippen LogP contribution is -2.58. The highest BCUT2D eigenvalue weighted by Gasteiger charge is 2.50. The second-order valence-corrected chi connectivity index (χ2v) is 10.4. The molecule has 2 aromatic heterocycles. The third kappa shape index (κ3) is 2.71. The molecule has 4 fully saturated rings. The maximum atomic E-state index is 4.03. The van der Waals surface area contributed by atoms with Crippen LogP contribution in [0.25, 0.3) is 9.75 Å². The van der Waals surface area contributed by atoms with Crippen LogP contribution in [-0.2, 0) is 6.54 Å². The molecule has 0 aliphatic heterocycles. The SMILES string of the molecule is Cc1csc(-c2ccc(CNC34CC5CC(CC(C5)C3)C4)s2)c1. The Morgan fingerprint density at radius 3 is 2.35 bits per heavy atom. The molecule has 0 amide bonds. The number of rotatable bonds is 4. The van der Waals surface area contributed by atoms with Crippen molar-refractivity contribution in [1.82, 2.24) is 5.32 Å². The van der Waals surface area contributed by atoms with Gasteiger partial charge in [0.05, 0.1) is 0 Å². The van der Waals surface area contributed by atoms with Crippen LogP contribution < -0.4 is 5.32 Å². The van der Waals surface area contributed by atoms with Crippen molar-refractivity contribution in [3.63, 3.8) is 0 Å². The second kappa shape index (κ2) is 5.44. The van der Waals surface area contributed by atoms with Gasteiger partial charge in [0.1, 0.15) is 0 Å². The summed E-state index contributed by atoms with van der Waals surface area (Å²) in [6.07, 6.45) is 8.93. The summed E-state index contributed by atoms with van der Waals surface area (Å²) in [6.45, 7) is 3.25. The number of nitrogens with one attached hydrogen (secondary N) is 1. The average Bonchev–Trinajstić information content (AvgIpc) is 3.12. The normalized spacial score (nSPS) is 35.1. The highest BCUT2D eigenvalue weighted by Crippen LogP contribution is 2.55. The third-order valence-electron chi connectivity index (χ3n) is 6.31. The Morgan fingerprint density at radius 1 is 1.04 bits per heavy atom. The first-order chi connectivity index (χ1) is 11.2. The van der Waals surface area contributed by atoms with E-state index in [4.69, 9.17) is 0 Å². The minimum absolute atomic E-state index is 0.485. The molecule has 0 unspecified atom stereocenters. The van der Waals surface area contributed by atoms with E-state index < -0.39 is 0 Å². The van der Waals surface area contributed by atoms with Crippen LogP contribution in [0.2, 0.25) is 0 Å². The molecule has 122 valence electrons. The first-order valence-electron chi connectivity index (χ1n) is 9.07. The summed E-state index contributed by atoms with van der Waals surface area (Å²) in [4.78, 5) is 4.36. The Morgan fingerprint density at radius 2 is 1.74 bits per heavy atom. The highest BCUT2D eigenvalue weighted by molar-refractivity contribution is 7.21. The smallest absolute Gasteiger partial charge is 0.0446 e. The summed E-state index contributed by atoms with van der Waals surface area (Å²) < 4.78 is 0. The van der Waals surface area contributed by atoms with E-state index in [0.717, 1.165) is 24.3 Å². The van der Waals surface area contributed by atoms with Gasteiger partial charge in [-0.05, 0) is 92.3 Å². The van der Waals surface area contributed by atoms with Crippen LogP contribution in [0.3, 0.4) is 0 Å². The second-order valence-electron chi connectivity index (χ2n) is 8.31. The van der Waals surface area contributed by atoms with E-state index in [9.17, 15) is 0 Å². The van der Waals surface area contributed by atoms with Crippen LogP contribution in [-0.4, -0.2) is 5.54 Å². The van der Waals surface area contributed by atoms with Crippen LogP contribution in [0.1, 0.15) is 49.0 Å². The Balaban J connectivity index is 1.29. The van der Waals surface area contributed by atoms with Crippen molar-refractivity contribution < 1.29 is 0 Å². The van der Waals surface area contributed by atoms with Gasteiger partial charge in [-0.15, -0.1) is 22.7 Å². The molecule has 0 spiro atoms. The molecular formula is C20H25NS2. The molecule has 2 heterocycles. The van der Waals surface area contributed by atoms with Crippen molar-refractivity contribution in [2.45, 2.75) is 57.5 Å². The molecule has 6 rings (SSSR count). The summed E-state index contributed by atoms with van der Waals surface area (Å²) >= 11 is 3.85. The highest BCUT2D eigenvalue weighted by atomic mass is 32.1. The predicted molar refractivity (Wildman–Crippen MR) is 100 cm³/mol. The molecule has 23 heavy (non-hydrogen) atoms. The van der Waals surface area contributed by atoms with Gasteiger partial charge in [0.25, 0.3) is 0 Å². The topological polar surface area (TPSA) is 12.0 Å². The molecule has 0 radical (unpaired) electrons. The Hall–Kier alpha value is -0.640. The monoisotopic (exact) mass is 343 g/mol. The molecule has 4 aliphatic rings. The Bertz CT molecular complexity index is 676. The third-order valence-corrected chi connectivity index (χ3v) is 8.64. The van der Waals surface area contributed by atoms with Gasteiger partial charge in [0.15, 0.2) is 0 Å². The minimum Gasteiger partial charge on any atom is -0.306 e. The van der Waals surface area contributed by atoms with E-state index in [2.05, 4.69) is 35.8 Å². The van der Waals surface area contributed by atoms with Crippen LogP contribution in [0.5, 0.6) is 0 Å². The van der Waals surface area contributed by atoms with E-state index >= 15 is 0 Å². The molecule has 2 aromatic rings. The lowest BCUT2D eigenvalue weighted by Gasteiger charge is -2.57. The first kappa shape index (κ1) is 14.7. The van der Waals surface area contributed by atoms with Gasteiger partial charge in [0, 0.05) is 26.7 Å². The Kier molecular flexibility index (Phi) is 3.47. The van der Waals surface area contributed by atoms with E-state index in [-0.39, 0.29) is 0 Å². The van der Waals surface area contributed by atoms with Gasteiger partial charge in [-0.25, -0.2) is 0 Å². The number of hydrogen-bond donors (Lipinski definition) is 1. The summed E-state index contributed by atoms with van der Waals surface area (Å²) in [5, 5.41) is 6.28. The molecular weight excluding hydrogens is 318 g/mol. The van der Waals surface area contributed by atoms with Crippen molar-refractivity contribution in [3.8, 4) is 9.75 Å². The molecule has 3 heteroatoms. The van der Waals surface area contributed by atoms with Crippen molar-refractivity contribution in [3.05, 3.63) is 34.0 Å². The maximum absolute atomic E-state index is 4.03. The van der Waals surface area contributed by atoms with Crippen molar-refractivity contribution in [2.24, 2.45) is 17.8 Å². The van der Waals surface area contributed by atoms with Crippen molar-refractivity contribution >= 4 is 22.7 Å². The van der Waals surface area contributed by atoms with Crippen molar-refractivity contribution in [2.75, 3.05) is 0 Å². The molecule has 4 saturated carbocycles. The zero-order valence-electron chi connectivity index (χ0n) is 13.8. The van der Waals surface area contributed by atoms with Gasteiger partial charge < -0.3 is 5.32 Å². The number of hydrogen-bond acceptors (Lipinski definition) is 3. The number of aryl methyl sites for hydroxylation is 1. The summed E-state index contributed by atoms with van der Waals surface area (Å²) in [5.41, 5.74) is 1.87. The van der Waals surface area contributed by atoms with Gasteiger partial charge in [0.2, 0.25) is 0 Å². The molecule has 0 saturated heterocycles. The summed E-state index contributed by atoms with van der Waals surface area (Å²) in [7, 11) is 0. The first-order valence-corrected chi connectivity index (χ1v) is 10.8. The molecule has 0 atom stereocenters. The maximum Gasteiger partial charge on any atom is 0.0446 e. The van der Waals surface area contributed by atoms with Gasteiger partial charge in [-0.3, -0.25) is 0 Å². The van der Waals surface area contributed by atoms with Gasteiger partial charge in [-0.1, -0.05) is 0 Å². The minimum atomic E-state index is 0.485. The van der Waals surface area contributed by atoms with E-state index in [1.807, 2.05) is 22.7 Å². The summed E-state index contributed by atoms with van der Waals surface area (Å²) in [5.74, 6) is 3.09. The lowest BCUT2D eigenvalue weighted by molar-refractivity contribution is -0.0204. The zero-order valence-corrected chi connectivity index (χ0v) is 15.4. The molecule has 4 bridgehead atoms.